The first kappa shape index (κ1) is 20.3. The van der Waals surface area contributed by atoms with Gasteiger partial charge in [0.1, 0.15) is 6.61 Å². The summed E-state index contributed by atoms with van der Waals surface area (Å²) < 4.78 is 1.18. The third-order valence-electron chi connectivity index (χ3n) is 4.79. The predicted octanol–water partition coefficient (Wildman–Crippen LogP) is 3.15. The Balaban J connectivity index is 1.89. The molecule has 0 N–H and O–H groups in total. The summed E-state index contributed by atoms with van der Waals surface area (Å²) >= 11 is 0. The van der Waals surface area contributed by atoms with Gasteiger partial charge in [-0.1, -0.05) is 60.7 Å². The molecule has 0 fully saturated rings. The number of carbonyl (C=O) groups excluding carboxylic acids is 1. The number of carbonyl (C=O) groups is 1. The van der Waals surface area contributed by atoms with Crippen molar-refractivity contribution in [1.29, 1.82) is 0 Å². The Labute approximate surface area is 170 Å². The highest BCUT2D eigenvalue weighted by Crippen LogP contribution is 2.09. The van der Waals surface area contributed by atoms with Crippen molar-refractivity contribution >= 4 is 5.91 Å². The molecule has 1 aromatic heterocycles. The fourth-order valence-corrected chi connectivity index (χ4v) is 2.98. The van der Waals surface area contributed by atoms with Crippen LogP contribution in [0, 0.1) is 13.8 Å². The summed E-state index contributed by atoms with van der Waals surface area (Å²) in [6.07, 6.45) is 0. The molecule has 1 amide bonds. The van der Waals surface area contributed by atoms with Gasteiger partial charge in [-0.2, -0.15) is 0 Å². The Kier molecular flexibility index (Phi) is 6.44. The average Bonchev–Trinajstić information content (AvgIpc) is 2.75. The maximum Gasteiger partial charge on any atom is 0.314 e. The van der Waals surface area contributed by atoms with E-state index in [1.807, 2.05) is 67.6 Å². The van der Waals surface area contributed by atoms with Crippen molar-refractivity contribution in [2.45, 2.75) is 33.9 Å². The van der Waals surface area contributed by atoms with Gasteiger partial charge in [-0.05, 0) is 31.9 Å². The van der Waals surface area contributed by atoms with Gasteiger partial charge < -0.3 is 9.74 Å². The second kappa shape index (κ2) is 9.19. The van der Waals surface area contributed by atoms with Gasteiger partial charge in [0.15, 0.2) is 5.69 Å². The van der Waals surface area contributed by atoms with E-state index in [2.05, 4.69) is 4.98 Å². The predicted molar refractivity (Wildman–Crippen MR) is 112 cm³/mol. The molecule has 0 aliphatic rings. The number of nitrogens with zero attached hydrogens (tertiary/aromatic N) is 3. The zero-order chi connectivity index (χ0) is 20.8. The van der Waals surface area contributed by atoms with Crippen LogP contribution in [-0.2, 0) is 13.2 Å². The summed E-state index contributed by atoms with van der Waals surface area (Å²) in [5.74, 6) is -0.401. The number of hydrogen-bond acceptors (Lipinski definition) is 4. The van der Waals surface area contributed by atoms with E-state index in [-0.39, 0.29) is 12.3 Å². The van der Waals surface area contributed by atoms with Gasteiger partial charge in [-0.3, -0.25) is 9.59 Å². The van der Waals surface area contributed by atoms with Crippen molar-refractivity contribution in [2.24, 2.45) is 0 Å². The number of aryl methyl sites for hydroxylation is 1. The maximum atomic E-state index is 13.1. The Hall–Kier alpha value is -3.41. The summed E-state index contributed by atoms with van der Waals surface area (Å²) in [5, 5.41) is 0. The molecule has 0 unspecified atom stereocenters. The molecule has 6 nitrogen and oxygen atoms in total. The van der Waals surface area contributed by atoms with Crippen LogP contribution in [0.1, 0.15) is 39.9 Å². The molecule has 0 bridgehead atoms. The SMILES string of the molecule is CCN(Cc1ccccc1)C(=O)c1nc(C)c(C)n(OCc2ccccc2)c1=O. The van der Waals surface area contributed by atoms with E-state index in [0.29, 0.717) is 24.5 Å². The van der Waals surface area contributed by atoms with Crippen LogP contribution in [0.3, 0.4) is 0 Å². The summed E-state index contributed by atoms with van der Waals surface area (Å²) in [7, 11) is 0. The lowest BCUT2D eigenvalue weighted by molar-refractivity contribution is 0.0694. The maximum absolute atomic E-state index is 13.1. The van der Waals surface area contributed by atoms with Crippen LogP contribution in [-0.4, -0.2) is 27.1 Å². The van der Waals surface area contributed by atoms with Crippen molar-refractivity contribution in [3.8, 4) is 0 Å². The van der Waals surface area contributed by atoms with Gasteiger partial charge in [0.05, 0.1) is 11.4 Å². The van der Waals surface area contributed by atoms with Gasteiger partial charge in [0, 0.05) is 13.1 Å². The molecule has 0 saturated carbocycles. The normalized spacial score (nSPS) is 10.6. The van der Waals surface area contributed by atoms with E-state index < -0.39 is 11.5 Å². The third-order valence-corrected chi connectivity index (χ3v) is 4.79. The van der Waals surface area contributed by atoms with Crippen LogP contribution in [0.25, 0.3) is 0 Å². The molecule has 1 heterocycles. The first-order chi connectivity index (χ1) is 14.0. The molecule has 3 aromatic rings. The van der Waals surface area contributed by atoms with Crippen molar-refractivity contribution in [2.75, 3.05) is 6.54 Å². The topological polar surface area (TPSA) is 64.4 Å². The number of hydrogen-bond donors (Lipinski definition) is 0. The summed E-state index contributed by atoms with van der Waals surface area (Å²) in [6, 6.07) is 19.2. The molecule has 2 aromatic carbocycles. The monoisotopic (exact) mass is 391 g/mol. The summed E-state index contributed by atoms with van der Waals surface area (Å²) in [5.41, 5.74) is 2.41. The highest BCUT2D eigenvalue weighted by molar-refractivity contribution is 5.92. The highest BCUT2D eigenvalue weighted by Gasteiger charge is 2.23. The lowest BCUT2D eigenvalue weighted by Gasteiger charge is -2.21. The minimum atomic E-state index is -0.541. The fraction of sp³-hybridized carbons (Fsp3) is 0.261. The van der Waals surface area contributed by atoms with E-state index in [0.717, 1.165) is 11.1 Å². The Morgan fingerprint density at radius 1 is 1.00 bits per heavy atom. The number of benzene rings is 2. The van der Waals surface area contributed by atoms with Crippen molar-refractivity contribution < 1.29 is 9.63 Å². The Bertz CT molecular complexity index is 1030. The summed E-state index contributed by atoms with van der Waals surface area (Å²) in [4.78, 5) is 37.7. The van der Waals surface area contributed by atoms with Gasteiger partial charge >= 0.3 is 5.56 Å². The molecule has 29 heavy (non-hydrogen) atoms. The molecule has 3 rings (SSSR count). The van der Waals surface area contributed by atoms with Crippen LogP contribution < -0.4 is 10.4 Å². The van der Waals surface area contributed by atoms with Crippen LogP contribution in [0.2, 0.25) is 0 Å². The van der Waals surface area contributed by atoms with E-state index in [1.54, 1.807) is 18.7 Å². The van der Waals surface area contributed by atoms with Crippen molar-refractivity contribution in [1.82, 2.24) is 14.6 Å². The fourth-order valence-electron chi connectivity index (χ4n) is 2.98. The minimum Gasteiger partial charge on any atom is -0.406 e. The average molecular weight is 391 g/mol. The van der Waals surface area contributed by atoms with Gasteiger partial charge in [0.2, 0.25) is 0 Å². The largest absolute Gasteiger partial charge is 0.406 e. The molecule has 0 aliphatic heterocycles. The number of amides is 1. The van der Waals surface area contributed by atoms with Crippen LogP contribution in [0.5, 0.6) is 0 Å². The molecule has 0 saturated heterocycles. The third kappa shape index (κ3) is 4.71. The van der Waals surface area contributed by atoms with Crippen LogP contribution in [0.15, 0.2) is 65.5 Å². The van der Waals surface area contributed by atoms with Crippen molar-refractivity contribution in [3.63, 3.8) is 0 Å². The first-order valence-corrected chi connectivity index (χ1v) is 9.62. The van der Waals surface area contributed by atoms with Crippen LogP contribution >= 0.6 is 0 Å². The van der Waals surface area contributed by atoms with Gasteiger partial charge in [-0.15, -0.1) is 4.73 Å². The number of aromatic nitrogens is 2. The first-order valence-electron chi connectivity index (χ1n) is 9.62. The second-order valence-electron chi connectivity index (χ2n) is 6.79. The molecular weight excluding hydrogens is 366 g/mol. The molecule has 0 radical (unpaired) electrons. The molecular formula is C23H25N3O3. The minimum absolute atomic E-state index is 0.126. The quantitative estimate of drug-likeness (QED) is 0.621. The highest BCUT2D eigenvalue weighted by atomic mass is 16.7. The Morgan fingerprint density at radius 3 is 2.17 bits per heavy atom. The zero-order valence-electron chi connectivity index (χ0n) is 17.0. The molecule has 0 atom stereocenters. The van der Waals surface area contributed by atoms with Gasteiger partial charge in [-0.25, -0.2) is 4.98 Å². The Morgan fingerprint density at radius 2 is 1.59 bits per heavy atom. The molecule has 6 heteroatoms. The second-order valence-corrected chi connectivity index (χ2v) is 6.79. The molecule has 0 spiro atoms. The van der Waals surface area contributed by atoms with E-state index >= 15 is 0 Å². The van der Waals surface area contributed by atoms with Crippen LogP contribution in [0.4, 0.5) is 0 Å². The van der Waals surface area contributed by atoms with E-state index in [4.69, 9.17) is 4.84 Å². The molecule has 0 aliphatic carbocycles. The van der Waals surface area contributed by atoms with Crippen molar-refractivity contribution in [3.05, 3.63) is 99.2 Å². The number of rotatable bonds is 7. The lowest BCUT2D eigenvalue weighted by Crippen LogP contribution is -2.40. The standard InChI is InChI=1S/C23H25N3O3/c1-4-25(15-19-11-7-5-8-12-19)22(27)21-23(28)26(18(3)17(2)24-21)29-16-20-13-9-6-10-14-20/h5-14H,4,15-16H2,1-3H3. The zero-order valence-corrected chi connectivity index (χ0v) is 17.0. The van der Waals surface area contributed by atoms with Gasteiger partial charge in [0.25, 0.3) is 5.91 Å². The summed E-state index contributed by atoms with van der Waals surface area (Å²) in [6.45, 7) is 6.50. The van der Waals surface area contributed by atoms with E-state index in [1.165, 1.54) is 4.73 Å². The molecule has 150 valence electrons. The lowest BCUT2D eigenvalue weighted by atomic mass is 10.2. The van der Waals surface area contributed by atoms with E-state index in [9.17, 15) is 9.59 Å². The smallest absolute Gasteiger partial charge is 0.314 e.